The number of benzene rings is 1. The highest BCUT2D eigenvalue weighted by Crippen LogP contribution is 2.34. The molecule has 0 unspecified atom stereocenters. The van der Waals surface area contributed by atoms with Crippen molar-refractivity contribution >= 4 is 11.8 Å². The predicted molar refractivity (Wildman–Crippen MR) is 68.6 cm³/mol. The largest absolute Gasteiger partial charge is 0.416 e. The molecule has 1 fully saturated rings. The summed E-state index contributed by atoms with van der Waals surface area (Å²) in [5.74, 6) is 0.445. The summed E-state index contributed by atoms with van der Waals surface area (Å²) in [6.07, 6.45) is -2.16. The van der Waals surface area contributed by atoms with E-state index in [0.29, 0.717) is 16.6 Å². The van der Waals surface area contributed by atoms with Gasteiger partial charge in [0.2, 0.25) is 0 Å². The molecule has 0 radical (unpaired) electrons. The lowest BCUT2D eigenvalue weighted by Crippen LogP contribution is -2.29. The third-order valence-electron chi connectivity index (χ3n) is 3.08. The Morgan fingerprint density at radius 2 is 1.83 bits per heavy atom. The SMILES string of the molecule is FC(F)(F)c1ccccc1CSC1CCNCC1. The van der Waals surface area contributed by atoms with Crippen LogP contribution in [0, 0.1) is 0 Å². The number of halogens is 3. The van der Waals surface area contributed by atoms with Crippen LogP contribution in [-0.2, 0) is 11.9 Å². The molecule has 0 spiro atoms. The number of thioether (sulfide) groups is 1. The second kappa shape index (κ2) is 5.97. The number of hydrogen-bond donors (Lipinski definition) is 1. The minimum Gasteiger partial charge on any atom is -0.317 e. The maximum Gasteiger partial charge on any atom is 0.416 e. The van der Waals surface area contributed by atoms with E-state index in [1.54, 1.807) is 23.9 Å². The van der Waals surface area contributed by atoms with Crippen molar-refractivity contribution in [1.29, 1.82) is 0 Å². The third kappa shape index (κ3) is 3.65. The zero-order chi connectivity index (χ0) is 13.0. The van der Waals surface area contributed by atoms with E-state index >= 15 is 0 Å². The van der Waals surface area contributed by atoms with Crippen LogP contribution in [0.3, 0.4) is 0 Å². The molecule has 1 saturated heterocycles. The number of piperidine rings is 1. The minimum absolute atomic E-state index is 0.397. The first kappa shape index (κ1) is 13.7. The molecule has 0 atom stereocenters. The lowest BCUT2D eigenvalue weighted by molar-refractivity contribution is -0.138. The molecule has 1 aromatic rings. The van der Waals surface area contributed by atoms with Crippen molar-refractivity contribution in [3.8, 4) is 0 Å². The Morgan fingerprint density at radius 1 is 1.17 bits per heavy atom. The fraction of sp³-hybridized carbons (Fsp3) is 0.538. The maximum atomic E-state index is 12.8. The van der Waals surface area contributed by atoms with Crippen LogP contribution in [0.5, 0.6) is 0 Å². The Morgan fingerprint density at radius 3 is 2.50 bits per heavy atom. The van der Waals surface area contributed by atoms with E-state index in [-0.39, 0.29) is 0 Å². The number of hydrogen-bond acceptors (Lipinski definition) is 2. The molecule has 0 bridgehead atoms. The summed E-state index contributed by atoms with van der Waals surface area (Å²) < 4.78 is 38.4. The highest BCUT2D eigenvalue weighted by Gasteiger charge is 2.32. The summed E-state index contributed by atoms with van der Waals surface area (Å²) in [5, 5.41) is 3.73. The monoisotopic (exact) mass is 275 g/mol. The Bertz CT molecular complexity index is 386. The summed E-state index contributed by atoms with van der Waals surface area (Å²) in [7, 11) is 0. The normalized spacial score (nSPS) is 17.9. The number of nitrogens with one attached hydrogen (secondary N) is 1. The summed E-state index contributed by atoms with van der Waals surface area (Å²) in [6, 6.07) is 5.87. The van der Waals surface area contributed by atoms with Crippen molar-refractivity contribution in [1.82, 2.24) is 5.32 Å². The van der Waals surface area contributed by atoms with Crippen LogP contribution in [0.1, 0.15) is 24.0 Å². The molecule has 100 valence electrons. The van der Waals surface area contributed by atoms with Crippen LogP contribution in [0.2, 0.25) is 0 Å². The molecule has 18 heavy (non-hydrogen) atoms. The average molecular weight is 275 g/mol. The first-order chi connectivity index (χ1) is 8.57. The highest BCUT2D eigenvalue weighted by atomic mass is 32.2. The van der Waals surface area contributed by atoms with E-state index in [1.165, 1.54) is 6.07 Å². The number of alkyl halides is 3. The molecule has 0 aromatic heterocycles. The maximum absolute atomic E-state index is 12.8. The lowest BCUT2D eigenvalue weighted by Gasteiger charge is -2.22. The molecular weight excluding hydrogens is 259 g/mol. The smallest absolute Gasteiger partial charge is 0.317 e. The Hall–Kier alpha value is -0.680. The number of rotatable bonds is 3. The van der Waals surface area contributed by atoms with Gasteiger partial charge in [0, 0.05) is 11.0 Å². The molecule has 0 aliphatic carbocycles. The fourth-order valence-corrected chi connectivity index (χ4v) is 3.33. The highest BCUT2D eigenvalue weighted by molar-refractivity contribution is 7.99. The van der Waals surface area contributed by atoms with Crippen LogP contribution < -0.4 is 5.32 Å². The van der Waals surface area contributed by atoms with E-state index in [4.69, 9.17) is 0 Å². The van der Waals surface area contributed by atoms with Crippen LogP contribution in [0.4, 0.5) is 13.2 Å². The first-order valence-electron chi connectivity index (χ1n) is 6.05. The summed E-state index contributed by atoms with van der Waals surface area (Å²) >= 11 is 1.64. The van der Waals surface area contributed by atoms with E-state index in [9.17, 15) is 13.2 Å². The predicted octanol–water partition coefficient (Wildman–Crippen LogP) is 3.69. The molecule has 1 aliphatic rings. The zero-order valence-corrected chi connectivity index (χ0v) is 10.8. The van der Waals surface area contributed by atoms with Crippen molar-refractivity contribution in [2.75, 3.05) is 13.1 Å². The van der Waals surface area contributed by atoms with Gasteiger partial charge in [0.25, 0.3) is 0 Å². The standard InChI is InChI=1S/C13H16F3NS/c14-13(15,16)12-4-2-1-3-10(12)9-18-11-5-7-17-8-6-11/h1-4,11,17H,5-9H2. The van der Waals surface area contributed by atoms with Gasteiger partial charge in [0.1, 0.15) is 0 Å². The van der Waals surface area contributed by atoms with E-state index in [0.717, 1.165) is 32.0 Å². The molecule has 2 rings (SSSR count). The Balaban J connectivity index is 2.00. The summed E-state index contributed by atoms with van der Waals surface area (Å²) in [6.45, 7) is 1.94. The van der Waals surface area contributed by atoms with Gasteiger partial charge in [-0.2, -0.15) is 24.9 Å². The molecule has 1 nitrogen and oxygen atoms in total. The van der Waals surface area contributed by atoms with Gasteiger partial charge in [0.05, 0.1) is 5.56 Å². The van der Waals surface area contributed by atoms with Gasteiger partial charge < -0.3 is 5.32 Å². The molecule has 0 saturated carbocycles. The van der Waals surface area contributed by atoms with Crippen LogP contribution in [0.25, 0.3) is 0 Å². The van der Waals surface area contributed by atoms with Crippen LogP contribution >= 0.6 is 11.8 Å². The van der Waals surface area contributed by atoms with E-state index in [1.807, 2.05) is 0 Å². The molecule has 1 aromatic carbocycles. The van der Waals surface area contributed by atoms with Crippen LogP contribution in [0.15, 0.2) is 24.3 Å². The molecular formula is C13H16F3NS. The van der Waals surface area contributed by atoms with Gasteiger partial charge in [-0.1, -0.05) is 18.2 Å². The van der Waals surface area contributed by atoms with Gasteiger partial charge >= 0.3 is 6.18 Å². The lowest BCUT2D eigenvalue weighted by atomic mass is 10.1. The van der Waals surface area contributed by atoms with Crippen molar-refractivity contribution in [2.24, 2.45) is 0 Å². The second-order valence-corrected chi connectivity index (χ2v) is 5.70. The van der Waals surface area contributed by atoms with Crippen molar-refractivity contribution in [3.63, 3.8) is 0 Å². The van der Waals surface area contributed by atoms with Gasteiger partial charge in [-0.25, -0.2) is 0 Å². The topological polar surface area (TPSA) is 12.0 Å². The molecule has 1 aliphatic heterocycles. The van der Waals surface area contributed by atoms with E-state index in [2.05, 4.69) is 5.32 Å². The van der Waals surface area contributed by atoms with Crippen molar-refractivity contribution < 1.29 is 13.2 Å². The van der Waals surface area contributed by atoms with Gasteiger partial charge in [-0.15, -0.1) is 0 Å². The molecule has 5 heteroatoms. The Labute approximate surface area is 109 Å². The molecule has 1 N–H and O–H groups in total. The Kier molecular flexibility index (Phi) is 4.56. The summed E-state index contributed by atoms with van der Waals surface area (Å²) in [4.78, 5) is 0. The first-order valence-corrected chi connectivity index (χ1v) is 7.09. The third-order valence-corrected chi connectivity index (χ3v) is 4.50. The quantitative estimate of drug-likeness (QED) is 0.903. The average Bonchev–Trinajstić information content (AvgIpc) is 2.37. The van der Waals surface area contributed by atoms with Crippen molar-refractivity contribution in [3.05, 3.63) is 35.4 Å². The minimum atomic E-state index is -4.24. The van der Waals surface area contributed by atoms with Gasteiger partial charge in [0.15, 0.2) is 0 Å². The zero-order valence-electron chi connectivity index (χ0n) is 9.96. The summed E-state index contributed by atoms with van der Waals surface area (Å²) in [5.41, 5.74) is -0.0973. The van der Waals surface area contributed by atoms with Crippen molar-refractivity contribution in [2.45, 2.75) is 30.0 Å². The molecule has 1 heterocycles. The molecule has 0 amide bonds. The second-order valence-electron chi connectivity index (χ2n) is 4.42. The fourth-order valence-electron chi connectivity index (χ4n) is 2.09. The van der Waals surface area contributed by atoms with E-state index < -0.39 is 11.7 Å². The van der Waals surface area contributed by atoms with Crippen LogP contribution in [-0.4, -0.2) is 18.3 Å². The van der Waals surface area contributed by atoms with Gasteiger partial charge in [-0.05, 0) is 37.6 Å². The van der Waals surface area contributed by atoms with Gasteiger partial charge in [-0.3, -0.25) is 0 Å².